The number of carbonyl (C=O) groups is 1. The molecule has 1 aromatic heterocycles. The number of methoxy groups -OCH3 is 1. The first kappa shape index (κ1) is 13.9. The van der Waals surface area contributed by atoms with Gasteiger partial charge in [0.15, 0.2) is 0 Å². The van der Waals surface area contributed by atoms with E-state index < -0.39 is 0 Å². The molecule has 0 bridgehead atoms. The molecule has 0 fully saturated rings. The van der Waals surface area contributed by atoms with Crippen LogP contribution in [0.4, 0.5) is 0 Å². The zero-order valence-electron chi connectivity index (χ0n) is 10.5. The van der Waals surface area contributed by atoms with Gasteiger partial charge in [-0.2, -0.15) is 0 Å². The summed E-state index contributed by atoms with van der Waals surface area (Å²) in [5.74, 6) is 0.784. The molecule has 2 aromatic rings. The van der Waals surface area contributed by atoms with Crippen molar-refractivity contribution in [1.29, 1.82) is 0 Å². The van der Waals surface area contributed by atoms with Crippen molar-refractivity contribution >= 4 is 28.8 Å². The van der Waals surface area contributed by atoms with Gasteiger partial charge < -0.3 is 10.1 Å². The maximum atomic E-state index is 11.8. The number of hydrogen-bond acceptors (Lipinski definition) is 3. The van der Waals surface area contributed by atoms with Crippen LogP contribution in [0.25, 0.3) is 0 Å². The summed E-state index contributed by atoms with van der Waals surface area (Å²) in [7, 11) is 1.62. The van der Waals surface area contributed by atoms with Crippen molar-refractivity contribution in [2.24, 2.45) is 0 Å². The molecule has 0 unspecified atom stereocenters. The van der Waals surface area contributed by atoms with Gasteiger partial charge in [0.1, 0.15) is 5.75 Å². The van der Waals surface area contributed by atoms with Gasteiger partial charge in [-0.15, -0.1) is 11.3 Å². The van der Waals surface area contributed by atoms with E-state index in [4.69, 9.17) is 16.3 Å². The van der Waals surface area contributed by atoms with E-state index in [-0.39, 0.29) is 5.91 Å². The lowest BCUT2D eigenvalue weighted by atomic mass is 10.1. The van der Waals surface area contributed by atoms with E-state index in [1.165, 1.54) is 11.3 Å². The number of ether oxygens (including phenoxy) is 1. The molecule has 0 aliphatic carbocycles. The highest BCUT2D eigenvalue weighted by Crippen LogP contribution is 2.21. The number of halogens is 1. The molecule has 5 heteroatoms. The Bertz CT molecular complexity index is 551. The normalized spacial score (nSPS) is 10.2. The topological polar surface area (TPSA) is 38.3 Å². The molecule has 0 radical (unpaired) electrons. The fraction of sp³-hybridized carbons (Fsp3) is 0.214. The molecular formula is C14H14ClNO2S. The van der Waals surface area contributed by atoms with E-state index in [1.807, 2.05) is 36.4 Å². The van der Waals surface area contributed by atoms with Crippen molar-refractivity contribution < 1.29 is 9.53 Å². The lowest BCUT2D eigenvalue weighted by molar-refractivity contribution is -0.120. The molecule has 0 aliphatic rings. The number of hydrogen-bond donors (Lipinski definition) is 1. The van der Waals surface area contributed by atoms with Crippen LogP contribution < -0.4 is 10.1 Å². The highest BCUT2D eigenvalue weighted by atomic mass is 35.5. The van der Waals surface area contributed by atoms with Crippen LogP contribution in [0.1, 0.15) is 10.4 Å². The van der Waals surface area contributed by atoms with Crippen LogP contribution in [0.3, 0.4) is 0 Å². The number of nitrogens with one attached hydrogen (secondary N) is 1. The Balaban J connectivity index is 1.83. The Morgan fingerprint density at radius 2 is 2.00 bits per heavy atom. The minimum absolute atomic E-state index is 0.00492. The quantitative estimate of drug-likeness (QED) is 0.919. The summed E-state index contributed by atoms with van der Waals surface area (Å²) in [5.41, 5.74) is 0.961. The lowest BCUT2D eigenvalue weighted by Gasteiger charge is -2.05. The van der Waals surface area contributed by atoms with Crippen molar-refractivity contribution in [1.82, 2.24) is 5.32 Å². The average Bonchev–Trinajstić information content (AvgIpc) is 2.83. The highest BCUT2D eigenvalue weighted by Gasteiger charge is 2.05. The molecule has 19 heavy (non-hydrogen) atoms. The van der Waals surface area contributed by atoms with Crippen LogP contribution in [0.5, 0.6) is 5.75 Å². The van der Waals surface area contributed by atoms with E-state index in [0.717, 1.165) is 20.5 Å². The standard InChI is InChI=1S/C14H14ClNO2S/c1-18-11-4-2-10(3-5-11)8-14(17)16-9-12-6-7-13(15)19-12/h2-7H,8-9H2,1H3,(H,16,17). The fourth-order valence-electron chi connectivity index (χ4n) is 1.62. The lowest BCUT2D eigenvalue weighted by Crippen LogP contribution is -2.24. The van der Waals surface area contributed by atoms with Crippen LogP contribution in [0, 0.1) is 0 Å². The third kappa shape index (κ3) is 4.26. The number of thiophene rings is 1. The molecular weight excluding hydrogens is 282 g/mol. The molecule has 2 rings (SSSR count). The van der Waals surface area contributed by atoms with E-state index >= 15 is 0 Å². The maximum Gasteiger partial charge on any atom is 0.224 e. The molecule has 100 valence electrons. The van der Waals surface area contributed by atoms with Gasteiger partial charge in [0, 0.05) is 4.88 Å². The Morgan fingerprint density at radius 1 is 1.26 bits per heavy atom. The fourth-order valence-corrected chi connectivity index (χ4v) is 2.65. The average molecular weight is 296 g/mol. The molecule has 0 saturated carbocycles. The SMILES string of the molecule is COc1ccc(CC(=O)NCc2ccc(Cl)s2)cc1. The van der Waals surface area contributed by atoms with E-state index in [9.17, 15) is 4.79 Å². The van der Waals surface area contributed by atoms with Crippen LogP contribution >= 0.6 is 22.9 Å². The number of benzene rings is 1. The summed E-state index contributed by atoms with van der Waals surface area (Å²) < 4.78 is 5.81. The van der Waals surface area contributed by atoms with Crippen molar-refractivity contribution in [2.75, 3.05) is 7.11 Å². The summed E-state index contributed by atoms with van der Waals surface area (Å²) in [5, 5.41) is 2.87. The Kier molecular flexibility index (Phi) is 4.82. The number of rotatable bonds is 5. The van der Waals surface area contributed by atoms with Gasteiger partial charge in [0.2, 0.25) is 5.91 Å². The second kappa shape index (κ2) is 6.59. The zero-order chi connectivity index (χ0) is 13.7. The largest absolute Gasteiger partial charge is 0.497 e. The van der Waals surface area contributed by atoms with Gasteiger partial charge in [-0.05, 0) is 29.8 Å². The Labute approximate surface area is 121 Å². The Hall–Kier alpha value is -1.52. The van der Waals surface area contributed by atoms with Crippen molar-refractivity contribution in [3.63, 3.8) is 0 Å². The monoisotopic (exact) mass is 295 g/mol. The van der Waals surface area contributed by atoms with Crippen LogP contribution in [0.2, 0.25) is 4.34 Å². The smallest absolute Gasteiger partial charge is 0.224 e. The summed E-state index contributed by atoms with van der Waals surface area (Å²) >= 11 is 7.30. The molecule has 1 aromatic carbocycles. The summed E-state index contributed by atoms with van der Waals surface area (Å²) in [6, 6.07) is 11.2. The van der Waals surface area contributed by atoms with Crippen LogP contribution in [0.15, 0.2) is 36.4 Å². The van der Waals surface area contributed by atoms with E-state index in [2.05, 4.69) is 5.32 Å². The number of amides is 1. The predicted molar refractivity (Wildman–Crippen MR) is 77.9 cm³/mol. The number of carbonyl (C=O) groups excluding carboxylic acids is 1. The third-order valence-electron chi connectivity index (χ3n) is 2.61. The van der Waals surface area contributed by atoms with Crippen molar-refractivity contribution in [2.45, 2.75) is 13.0 Å². The minimum Gasteiger partial charge on any atom is -0.497 e. The van der Waals surface area contributed by atoms with Gasteiger partial charge in [0.05, 0.1) is 24.4 Å². The summed E-state index contributed by atoms with van der Waals surface area (Å²) in [6.07, 6.45) is 0.364. The van der Waals surface area contributed by atoms with Gasteiger partial charge in [-0.3, -0.25) is 4.79 Å². The third-order valence-corrected chi connectivity index (χ3v) is 3.84. The first-order chi connectivity index (χ1) is 9.17. The second-order valence-corrected chi connectivity index (χ2v) is 5.81. The van der Waals surface area contributed by atoms with Gasteiger partial charge in [-0.25, -0.2) is 0 Å². The van der Waals surface area contributed by atoms with Crippen molar-refractivity contribution in [3.8, 4) is 5.75 Å². The minimum atomic E-state index is -0.00492. The highest BCUT2D eigenvalue weighted by molar-refractivity contribution is 7.16. The first-order valence-corrected chi connectivity index (χ1v) is 7.00. The zero-order valence-corrected chi connectivity index (χ0v) is 12.1. The molecule has 0 atom stereocenters. The molecule has 0 spiro atoms. The first-order valence-electron chi connectivity index (χ1n) is 5.81. The van der Waals surface area contributed by atoms with E-state index in [0.29, 0.717) is 13.0 Å². The van der Waals surface area contributed by atoms with Crippen LogP contribution in [-0.4, -0.2) is 13.0 Å². The second-order valence-electron chi connectivity index (χ2n) is 4.01. The maximum absolute atomic E-state index is 11.8. The van der Waals surface area contributed by atoms with Gasteiger partial charge in [0.25, 0.3) is 0 Å². The summed E-state index contributed by atoms with van der Waals surface area (Å²) in [6.45, 7) is 0.520. The molecule has 1 N–H and O–H groups in total. The van der Waals surface area contributed by atoms with Gasteiger partial charge >= 0.3 is 0 Å². The predicted octanol–water partition coefficient (Wildman–Crippen LogP) is 3.27. The van der Waals surface area contributed by atoms with Crippen LogP contribution in [-0.2, 0) is 17.8 Å². The molecule has 3 nitrogen and oxygen atoms in total. The molecule has 1 heterocycles. The van der Waals surface area contributed by atoms with Gasteiger partial charge in [-0.1, -0.05) is 23.7 Å². The molecule has 0 saturated heterocycles. The van der Waals surface area contributed by atoms with Crippen molar-refractivity contribution in [3.05, 3.63) is 51.2 Å². The Morgan fingerprint density at radius 3 is 2.58 bits per heavy atom. The molecule has 0 aliphatic heterocycles. The summed E-state index contributed by atoms with van der Waals surface area (Å²) in [4.78, 5) is 12.8. The van der Waals surface area contributed by atoms with E-state index in [1.54, 1.807) is 7.11 Å². The molecule has 1 amide bonds.